The number of primary amides is 1. The molecule has 0 heterocycles. The monoisotopic (exact) mass is 447 g/mol. The Labute approximate surface area is 181 Å². The fourth-order valence-corrected chi connectivity index (χ4v) is 2.80. The second-order valence-electron chi connectivity index (χ2n) is 7.78. The molecule has 0 saturated carbocycles. The summed E-state index contributed by atoms with van der Waals surface area (Å²) in [6.07, 6.45) is -0.145. The Hall–Kier alpha value is -2.34. The van der Waals surface area contributed by atoms with Gasteiger partial charge in [-0.3, -0.25) is 19.2 Å². The number of carbonyl (C=O) groups is 5. The van der Waals surface area contributed by atoms with E-state index < -0.39 is 66.1 Å². The first-order chi connectivity index (χ1) is 13.8. The van der Waals surface area contributed by atoms with Gasteiger partial charge in [-0.1, -0.05) is 27.7 Å². The van der Waals surface area contributed by atoms with Gasteiger partial charge in [0.2, 0.25) is 23.6 Å². The van der Waals surface area contributed by atoms with Crippen molar-refractivity contribution in [2.24, 2.45) is 23.3 Å². The van der Waals surface area contributed by atoms with Crippen LogP contribution in [0.25, 0.3) is 0 Å². The summed E-state index contributed by atoms with van der Waals surface area (Å²) in [5.74, 6) is -4.74. The van der Waals surface area contributed by atoms with Crippen LogP contribution in [-0.2, 0) is 24.0 Å². The molecule has 12 heteroatoms. The van der Waals surface area contributed by atoms with Gasteiger partial charge in [0, 0.05) is 5.75 Å². The number of nitrogens with one attached hydrogen (secondary N) is 3. The predicted molar refractivity (Wildman–Crippen MR) is 113 cm³/mol. The van der Waals surface area contributed by atoms with E-state index in [4.69, 9.17) is 11.5 Å². The van der Waals surface area contributed by atoms with E-state index in [1.54, 1.807) is 13.8 Å². The van der Waals surface area contributed by atoms with Crippen molar-refractivity contribution in [3.05, 3.63) is 0 Å². The van der Waals surface area contributed by atoms with Gasteiger partial charge in [-0.2, -0.15) is 12.6 Å². The van der Waals surface area contributed by atoms with Crippen molar-refractivity contribution in [1.29, 1.82) is 0 Å². The number of carboxylic acids is 1. The first-order valence-electron chi connectivity index (χ1n) is 9.58. The summed E-state index contributed by atoms with van der Waals surface area (Å²) >= 11 is 4.03. The molecule has 4 atom stereocenters. The fourth-order valence-electron chi connectivity index (χ4n) is 2.54. The zero-order valence-corrected chi connectivity index (χ0v) is 18.6. The highest BCUT2D eigenvalue weighted by Gasteiger charge is 2.31. The summed E-state index contributed by atoms with van der Waals surface area (Å²) in [6.45, 7) is 6.97. The first-order valence-corrected chi connectivity index (χ1v) is 10.2. The molecule has 0 aromatic heterocycles. The maximum Gasteiger partial charge on any atom is 0.326 e. The first kappa shape index (κ1) is 27.7. The molecule has 0 spiro atoms. The minimum Gasteiger partial charge on any atom is -0.480 e. The highest BCUT2D eigenvalue weighted by molar-refractivity contribution is 7.80. The number of thiol groups is 1. The molecule has 0 saturated heterocycles. The van der Waals surface area contributed by atoms with Gasteiger partial charge >= 0.3 is 5.97 Å². The topological polar surface area (TPSA) is 194 Å². The van der Waals surface area contributed by atoms with Crippen LogP contribution in [0.4, 0.5) is 0 Å². The van der Waals surface area contributed by atoms with Gasteiger partial charge in [0.15, 0.2) is 0 Å². The molecule has 172 valence electrons. The Morgan fingerprint density at radius 2 is 1.40 bits per heavy atom. The van der Waals surface area contributed by atoms with E-state index >= 15 is 0 Å². The number of amides is 4. The lowest BCUT2D eigenvalue weighted by Crippen LogP contribution is -2.58. The van der Waals surface area contributed by atoms with E-state index in [-0.39, 0.29) is 11.7 Å². The van der Waals surface area contributed by atoms with E-state index in [1.165, 1.54) is 0 Å². The molecular formula is C18H33N5O6S. The molecule has 30 heavy (non-hydrogen) atoms. The van der Waals surface area contributed by atoms with Gasteiger partial charge in [0.1, 0.15) is 18.1 Å². The molecule has 11 nitrogen and oxygen atoms in total. The summed E-state index contributed by atoms with van der Waals surface area (Å²) in [4.78, 5) is 59.8. The maximum absolute atomic E-state index is 12.5. The zero-order chi connectivity index (χ0) is 23.6. The van der Waals surface area contributed by atoms with E-state index in [0.29, 0.717) is 6.42 Å². The van der Waals surface area contributed by atoms with Crippen LogP contribution < -0.4 is 27.4 Å². The van der Waals surface area contributed by atoms with Gasteiger partial charge in [0.25, 0.3) is 0 Å². The summed E-state index contributed by atoms with van der Waals surface area (Å²) in [5.41, 5.74) is 10.9. The van der Waals surface area contributed by atoms with Crippen molar-refractivity contribution in [3.63, 3.8) is 0 Å². The standard InChI is InChI=1S/C18H33N5O6S/c1-8(2)5-10(19)15(25)22-12(7-30)17(27)21-11(6-13(20)24)16(26)23-14(9(3)4)18(28)29/h8-12,14,30H,5-7,19H2,1-4H3,(H2,20,24)(H,21,27)(H,22,25)(H,23,26)(H,28,29). The van der Waals surface area contributed by atoms with Gasteiger partial charge in [-0.05, 0) is 18.3 Å². The second-order valence-corrected chi connectivity index (χ2v) is 8.15. The Balaban J connectivity index is 5.26. The van der Waals surface area contributed by atoms with Crippen molar-refractivity contribution in [2.45, 2.75) is 64.7 Å². The molecule has 8 N–H and O–H groups in total. The summed E-state index contributed by atoms with van der Waals surface area (Å²) < 4.78 is 0. The molecule has 0 radical (unpaired) electrons. The third-order valence-electron chi connectivity index (χ3n) is 4.15. The van der Waals surface area contributed by atoms with Crippen LogP contribution >= 0.6 is 12.6 Å². The minimum absolute atomic E-state index is 0.0966. The Morgan fingerprint density at radius 3 is 1.80 bits per heavy atom. The summed E-state index contributed by atoms with van der Waals surface area (Å²) in [7, 11) is 0. The van der Waals surface area contributed by atoms with Gasteiger partial charge in [0.05, 0.1) is 12.5 Å². The lowest BCUT2D eigenvalue weighted by Gasteiger charge is -2.25. The van der Waals surface area contributed by atoms with Crippen LogP contribution in [0.1, 0.15) is 40.5 Å². The number of hydrogen-bond donors (Lipinski definition) is 7. The smallest absolute Gasteiger partial charge is 0.326 e. The van der Waals surface area contributed by atoms with Crippen LogP contribution in [0.5, 0.6) is 0 Å². The van der Waals surface area contributed by atoms with Crippen molar-refractivity contribution >= 4 is 42.2 Å². The molecule has 0 aliphatic carbocycles. The third-order valence-corrected chi connectivity index (χ3v) is 4.51. The Kier molecular flexibility index (Phi) is 12.0. The highest BCUT2D eigenvalue weighted by Crippen LogP contribution is 2.05. The quantitative estimate of drug-likeness (QED) is 0.164. The molecular weight excluding hydrogens is 414 g/mol. The lowest BCUT2D eigenvalue weighted by molar-refractivity contribution is -0.143. The number of nitrogens with two attached hydrogens (primary N) is 2. The van der Waals surface area contributed by atoms with Crippen LogP contribution in [0.15, 0.2) is 0 Å². The third kappa shape index (κ3) is 9.92. The lowest BCUT2D eigenvalue weighted by atomic mass is 10.0. The van der Waals surface area contributed by atoms with E-state index in [0.717, 1.165) is 0 Å². The predicted octanol–water partition coefficient (Wildman–Crippen LogP) is -1.64. The Bertz CT molecular complexity index is 643. The van der Waals surface area contributed by atoms with Crippen LogP contribution in [0.3, 0.4) is 0 Å². The summed E-state index contributed by atoms with van der Waals surface area (Å²) in [6, 6.07) is -4.59. The van der Waals surface area contributed by atoms with Crippen molar-refractivity contribution < 1.29 is 29.1 Å². The minimum atomic E-state index is -1.42. The van der Waals surface area contributed by atoms with Gasteiger partial charge in [-0.25, -0.2) is 4.79 Å². The second kappa shape index (κ2) is 13.1. The molecule has 0 aromatic carbocycles. The molecule has 0 aliphatic heterocycles. The van der Waals surface area contributed by atoms with Gasteiger partial charge < -0.3 is 32.5 Å². The Morgan fingerprint density at radius 1 is 0.900 bits per heavy atom. The van der Waals surface area contributed by atoms with Crippen LogP contribution in [-0.4, -0.2) is 64.6 Å². The van der Waals surface area contributed by atoms with Crippen molar-refractivity contribution in [3.8, 4) is 0 Å². The van der Waals surface area contributed by atoms with Gasteiger partial charge in [-0.15, -0.1) is 0 Å². The average Bonchev–Trinajstić information content (AvgIpc) is 2.61. The molecule has 4 amide bonds. The largest absolute Gasteiger partial charge is 0.480 e. The normalized spacial score (nSPS) is 15.1. The van der Waals surface area contributed by atoms with Crippen molar-refractivity contribution in [2.75, 3.05) is 5.75 Å². The molecule has 0 fully saturated rings. The number of aliphatic carboxylic acids is 1. The zero-order valence-electron chi connectivity index (χ0n) is 17.7. The SMILES string of the molecule is CC(C)CC(N)C(=O)NC(CS)C(=O)NC(CC(N)=O)C(=O)NC(C(=O)O)C(C)C. The van der Waals surface area contributed by atoms with E-state index in [9.17, 15) is 29.1 Å². The molecule has 0 aromatic rings. The molecule has 4 unspecified atom stereocenters. The maximum atomic E-state index is 12.5. The van der Waals surface area contributed by atoms with E-state index in [1.807, 2.05) is 13.8 Å². The van der Waals surface area contributed by atoms with E-state index in [2.05, 4.69) is 28.6 Å². The van der Waals surface area contributed by atoms with Crippen molar-refractivity contribution in [1.82, 2.24) is 16.0 Å². The molecule has 0 aliphatic rings. The number of carbonyl (C=O) groups excluding carboxylic acids is 4. The molecule has 0 rings (SSSR count). The van der Waals surface area contributed by atoms with Crippen LogP contribution in [0, 0.1) is 11.8 Å². The number of rotatable bonds is 13. The number of hydrogen-bond acceptors (Lipinski definition) is 7. The fraction of sp³-hybridized carbons (Fsp3) is 0.722. The summed E-state index contributed by atoms with van der Waals surface area (Å²) in [5, 5.41) is 16.3. The highest BCUT2D eigenvalue weighted by atomic mass is 32.1. The van der Waals surface area contributed by atoms with Crippen LogP contribution in [0.2, 0.25) is 0 Å². The molecule has 0 bridgehead atoms. The average molecular weight is 448 g/mol. The number of carboxylic acid groups (broad SMARTS) is 1.